The van der Waals surface area contributed by atoms with Gasteiger partial charge in [-0.3, -0.25) is 0 Å². The van der Waals surface area contributed by atoms with E-state index in [1.165, 1.54) is 7.11 Å². The second-order valence-corrected chi connectivity index (χ2v) is 10.7. The van der Waals surface area contributed by atoms with Gasteiger partial charge in [-0.25, -0.2) is 14.8 Å². The highest BCUT2D eigenvalue weighted by Gasteiger charge is 2.21. The summed E-state index contributed by atoms with van der Waals surface area (Å²) in [6.07, 6.45) is 2.97. The molecule has 2 aromatic heterocycles. The van der Waals surface area contributed by atoms with Crippen molar-refractivity contribution in [1.29, 1.82) is 0 Å². The number of aromatic nitrogens is 4. The molecule has 0 unspecified atom stereocenters. The van der Waals surface area contributed by atoms with Crippen LogP contribution >= 0.6 is 0 Å². The number of aryl methyl sites for hydroxylation is 2. The molecule has 8 heteroatoms. The predicted octanol–water partition coefficient (Wildman–Crippen LogP) is 6.38. The fraction of sp³-hybridized carbons (Fsp3) is 0.500. The molecule has 0 fully saturated rings. The smallest absolute Gasteiger partial charge is 0.337 e. The number of hydrogen-bond donors (Lipinski definition) is 1. The summed E-state index contributed by atoms with van der Waals surface area (Å²) in [5.74, 6) is 2.52. The summed E-state index contributed by atoms with van der Waals surface area (Å²) in [6.45, 7) is 12.1. The van der Waals surface area contributed by atoms with Gasteiger partial charge in [0.25, 0.3) is 0 Å². The third-order valence-electron chi connectivity index (χ3n) is 6.85. The maximum absolute atomic E-state index is 12.2. The van der Waals surface area contributed by atoms with Crippen molar-refractivity contribution in [3.63, 3.8) is 0 Å². The summed E-state index contributed by atoms with van der Waals surface area (Å²) < 4.78 is 14.8. The number of imidazole rings is 2. The first-order valence-corrected chi connectivity index (χ1v) is 13.6. The first kappa shape index (κ1) is 27.6. The lowest BCUT2D eigenvalue weighted by atomic mass is 10.1. The number of para-hydroxylation sites is 1. The number of nitrogens with one attached hydrogen (secondary N) is 1. The van der Waals surface area contributed by atoms with Crippen molar-refractivity contribution in [3.8, 4) is 11.4 Å². The lowest BCUT2D eigenvalue weighted by Crippen LogP contribution is -2.12. The van der Waals surface area contributed by atoms with Gasteiger partial charge in [0, 0.05) is 38.9 Å². The topological polar surface area (TPSA) is 83.2 Å². The number of ether oxygens (including phenoxy) is 2. The number of esters is 1. The molecule has 0 atom stereocenters. The number of carbonyl (C=O) groups is 1. The summed E-state index contributed by atoms with van der Waals surface area (Å²) in [5.41, 5.74) is 5.37. The number of methoxy groups -OCH3 is 2. The van der Waals surface area contributed by atoms with Crippen LogP contribution < -0.4 is 5.32 Å². The van der Waals surface area contributed by atoms with E-state index in [1.54, 1.807) is 7.11 Å². The van der Waals surface area contributed by atoms with Crippen LogP contribution in [0.2, 0.25) is 0 Å². The molecule has 0 saturated heterocycles. The average Bonchev–Trinajstić information content (AvgIpc) is 3.45. The van der Waals surface area contributed by atoms with Gasteiger partial charge >= 0.3 is 5.97 Å². The molecule has 8 nitrogen and oxygen atoms in total. The van der Waals surface area contributed by atoms with Crippen LogP contribution in [0.15, 0.2) is 36.4 Å². The van der Waals surface area contributed by atoms with Gasteiger partial charge in [-0.1, -0.05) is 33.8 Å². The number of nitrogens with zero attached hydrogens (tertiary/aromatic N) is 4. The Bertz CT molecular complexity index is 1390. The normalized spacial score (nSPS) is 11.8. The monoisotopic (exact) mass is 519 g/mol. The van der Waals surface area contributed by atoms with Crippen molar-refractivity contribution < 1.29 is 14.3 Å². The maximum Gasteiger partial charge on any atom is 0.337 e. The lowest BCUT2D eigenvalue weighted by molar-refractivity contribution is 0.0601. The van der Waals surface area contributed by atoms with Gasteiger partial charge in [-0.2, -0.15) is 0 Å². The fourth-order valence-corrected chi connectivity index (χ4v) is 4.72. The van der Waals surface area contributed by atoms with Crippen LogP contribution in [0.4, 0.5) is 5.95 Å². The molecule has 0 saturated carbocycles. The predicted molar refractivity (Wildman–Crippen MR) is 154 cm³/mol. The van der Waals surface area contributed by atoms with E-state index in [9.17, 15) is 4.79 Å². The minimum absolute atomic E-state index is 0.358. The number of benzene rings is 2. The highest BCUT2D eigenvalue weighted by molar-refractivity contribution is 5.97. The second-order valence-electron chi connectivity index (χ2n) is 10.7. The first-order chi connectivity index (χ1) is 18.3. The molecule has 4 rings (SSSR count). The maximum atomic E-state index is 12.2. The molecule has 0 aliphatic heterocycles. The van der Waals surface area contributed by atoms with Crippen LogP contribution in [0.1, 0.15) is 57.3 Å². The molecule has 1 N–H and O–H groups in total. The molecule has 2 heterocycles. The number of hydrogen-bond acceptors (Lipinski definition) is 6. The Morgan fingerprint density at radius 1 is 0.947 bits per heavy atom. The van der Waals surface area contributed by atoms with Crippen molar-refractivity contribution >= 4 is 34.0 Å². The quantitative estimate of drug-likeness (QED) is 0.163. The summed E-state index contributed by atoms with van der Waals surface area (Å²) in [4.78, 5) is 22.3. The summed E-state index contributed by atoms with van der Waals surface area (Å²) in [5, 5.41) is 3.54. The van der Waals surface area contributed by atoms with Crippen LogP contribution in [-0.2, 0) is 22.6 Å². The zero-order valence-corrected chi connectivity index (χ0v) is 23.6. The van der Waals surface area contributed by atoms with Gasteiger partial charge in [0.05, 0.1) is 34.7 Å². The molecular formula is C30H41N5O3. The molecule has 0 bridgehead atoms. The molecule has 0 aliphatic rings. The number of anilines is 1. The van der Waals surface area contributed by atoms with E-state index in [0.29, 0.717) is 24.0 Å². The number of rotatable bonds is 13. The van der Waals surface area contributed by atoms with Crippen LogP contribution in [0.3, 0.4) is 0 Å². The highest BCUT2D eigenvalue weighted by Crippen LogP contribution is 2.34. The Kier molecular flexibility index (Phi) is 9.05. The van der Waals surface area contributed by atoms with Crippen LogP contribution in [0, 0.1) is 11.8 Å². The minimum atomic E-state index is -0.358. The van der Waals surface area contributed by atoms with Gasteiger partial charge in [-0.05, 0) is 61.4 Å². The lowest BCUT2D eigenvalue weighted by Gasteiger charge is -2.15. The van der Waals surface area contributed by atoms with Gasteiger partial charge in [-0.15, -0.1) is 0 Å². The van der Waals surface area contributed by atoms with Crippen molar-refractivity contribution in [3.05, 3.63) is 42.0 Å². The van der Waals surface area contributed by atoms with E-state index in [-0.39, 0.29) is 5.97 Å². The van der Waals surface area contributed by atoms with Crippen LogP contribution in [0.25, 0.3) is 33.5 Å². The fourth-order valence-electron chi connectivity index (χ4n) is 4.72. The Labute approximate surface area is 225 Å². The van der Waals surface area contributed by atoms with Crippen molar-refractivity contribution in [2.45, 2.75) is 60.0 Å². The third-order valence-corrected chi connectivity index (χ3v) is 6.85. The molecule has 0 radical (unpaired) electrons. The number of fused-ring (bicyclic) bond motifs is 2. The van der Waals surface area contributed by atoms with Gasteiger partial charge in [0.1, 0.15) is 5.82 Å². The molecule has 0 amide bonds. The zero-order chi connectivity index (χ0) is 27.2. The van der Waals surface area contributed by atoms with Crippen molar-refractivity contribution in [1.82, 2.24) is 19.1 Å². The van der Waals surface area contributed by atoms with E-state index in [0.717, 1.165) is 78.3 Å². The van der Waals surface area contributed by atoms with E-state index < -0.39 is 0 Å². The van der Waals surface area contributed by atoms with Gasteiger partial charge in [0.2, 0.25) is 5.95 Å². The molecule has 38 heavy (non-hydrogen) atoms. The Hall–Kier alpha value is -3.39. The van der Waals surface area contributed by atoms with Crippen LogP contribution in [0.5, 0.6) is 0 Å². The van der Waals surface area contributed by atoms with E-state index in [1.807, 2.05) is 18.2 Å². The average molecular weight is 520 g/mol. The molecule has 0 aliphatic carbocycles. The molecular weight excluding hydrogens is 478 g/mol. The van der Waals surface area contributed by atoms with E-state index >= 15 is 0 Å². The van der Waals surface area contributed by atoms with Crippen LogP contribution in [-0.4, -0.2) is 52.4 Å². The standard InChI is InChI=1S/C30H41N5O3/c1-20(2)13-16-34-26-12-11-22(29(36)38-6)19-25(26)32-28(34)23-9-7-10-24-27(23)35(17-14-21(3)4)30(33-24)31-15-8-18-37-5/h7,9-12,19-21H,8,13-18H2,1-6H3,(H,31,33). The Balaban J connectivity index is 1.89. The minimum Gasteiger partial charge on any atom is -0.465 e. The van der Waals surface area contributed by atoms with E-state index in [2.05, 4.69) is 60.3 Å². The molecule has 4 aromatic rings. The van der Waals surface area contributed by atoms with Gasteiger partial charge in [0.15, 0.2) is 0 Å². The first-order valence-electron chi connectivity index (χ1n) is 13.6. The third kappa shape index (κ3) is 6.01. The summed E-state index contributed by atoms with van der Waals surface area (Å²) in [7, 11) is 3.13. The molecule has 204 valence electrons. The van der Waals surface area contributed by atoms with Crippen molar-refractivity contribution in [2.75, 3.05) is 32.7 Å². The molecule has 2 aromatic carbocycles. The number of carbonyl (C=O) groups excluding carboxylic acids is 1. The zero-order valence-electron chi connectivity index (χ0n) is 23.6. The Morgan fingerprint density at radius 2 is 1.68 bits per heavy atom. The summed E-state index contributed by atoms with van der Waals surface area (Å²) in [6, 6.07) is 11.9. The van der Waals surface area contributed by atoms with E-state index in [4.69, 9.17) is 19.4 Å². The SMILES string of the molecule is COCCCNc1nc2cccc(-c3nc4cc(C(=O)OC)ccc4n3CCC(C)C)c2n1CCC(C)C. The molecule has 0 spiro atoms. The summed E-state index contributed by atoms with van der Waals surface area (Å²) >= 11 is 0. The second kappa shape index (κ2) is 12.4. The van der Waals surface area contributed by atoms with Crippen molar-refractivity contribution in [2.24, 2.45) is 11.8 Å². The largest absolute Gasteiger partial charge is 0.465 e. The van der Waals surface area contributed by atoms with Gasteiger partial charge < -0.3 is 23.9 Å². The Morgan fingerprint density at radius 3 is 2.37 bits per heavy atom. The highest BCUT2D eigenvalue weighted by atomic mass is 16.5.